The smallest absolute Gasteiger partial charge is 0.247 e. The minimum atomic E-state index is -0.875. The second kappa shape index (κ2) is 6.39. The summed E-state index contributed by atoms with van der Waals surface area (Å²) in [5.74, 6) is -2.72. The SMILES string of the molecule is CC(=O)N(CC(=O)N1CCc2ccccc21)c1c(F)cccc1F. The third-order valence-corrected chi connectivity index (χ3v) is 4.07. The van der Waals surface area contributed by atoms with Crippen LogP contribution in [0.15, 0.2) is 42.5 Å². The van der Waals surface area contributed by atoms with Crippen LogP contribution in [0.25, 0.3) is 0 Å². The van der Waals surface area contributed by atoms with Gasteiger partial charge in [-0.2, -0.15) is 0 Å². The Morgan fingerprint density at radius 3 is 2.42 bits per heavy atom. The van der Waals surface area contributed by atoms with Gasteiger partial charge in [-0.25, -0.2) is 8.78 Å². The second-order valence-electron chi connectivity index (χ2n) is 5.60. The number of hydrogen-bond acceptors (Lipinski definition) is 2. The van der Waals surface area contributed by atoms with Crippen molar-refractivity contribution in [3.63, 3.8) is 0 Å². The first-order valence-corrected chi connectivity index (χ1v) is 7.59. The molecule has 0 saturated heterocycles. The Labute approximate surface area is 138 Å². The van der Waals surface area contributed by atoms with Crippen LogP contribution in [0.1, 0.15) is 12.5 Å². The molecule has 0 aromatic heterocycles. The van der Waals surface area contributed by atoms with Crippen LogP contribution in [0.5, 0.6) is 0 Å². The number of benzene rings is 2. The van der Waals surface area contributed by atoms with Gasteiger partial charge in [0, 0.05) is 19.2 Å². The van der Waals surface area contributed by atoms with Gasteiger partial charge in [0.15, 0.2) is 0 Å². The van der Waals surface area contributed by atoms with Crippen molar-refractivity contribution in [3.05, 3.63) is 59.7 Å². The highest BCUT2D eigenvalue weighted by atomic mass is 19.1. The summed E-state index contributed by atoms with van der Waals surface area (Å²) >= 11 is 0. The number of nitrogens with zero attached hydrogens (tertiary/aromatic N) is 2. The zero-order valence-electron chi connectivity index (χ0n) is 13.1. The van der Waals surface area contributed by atoms with Crippen molar-refractivity contribution < 1.29 is 18.4 Å². The van der Waals surface area contributed by atoms with Crippen LogP contribution in [-0.4, -0.2) is 24.9 Å². The molecule has 1 aliphatic rings. The zero-order chi connectivity index (χ0) is 17.3. The fourth-order valence-corrected chi connectivity index (χ4v) is 2.91. The van der Waals surface area contributed by atoms with Crippen LogP contribution < -0.4 is 9.80 Å². The normalized spacial score (nSPS) is 12.9. The van der Waals surface area contributed by atoms with E-state index < -0.39 is 29.8 Å². The fraction of sp³-hybridized carbons (Fsp3) is 0.222. The first-order chi connectivity index (χ1) is 11.5. The van der Waals surface area contributed by atoms with E-state index in [1.165, 1.54) is 13.0 Å². The summed E-state index contributed by atoms with van der Waals surface area (Å²) in [7, 11) is 0. The number of rotatable bonds is 3. The number of amides is 2. The van der Waals surface area contributed by atoms with Gasteiger partial charge in [-0.1, -0.05) is 24.3 Å². The summed E-state index contributed by atoms with van der Waals surface area (Å²) in [6, 6.07) is 10.8. The minimum Gasteiger partial charge on any atom is -0.310 e. The maximum atomic E-state index is 14.0. The highest BCUT2D eigenvalue weighted by molar-refractivity contribution is 6.04. The van der Waals surface area contributed by atoms with E-state index in [1.807, 2.05) is 24.3 Å². The van der Waals surface area contributed by atoms with Gasteiger partial charge >= 0.3 is 0 Å². The fourth-order valence-electron chi connectivity index (χ4n) is 2.91. The van der Waals surface area contributed by atoms with Crippen molar-refractivity contribution in [1.29, 1.82) is 0 Å². The van der Waals surface area contributed by atoms with Crippen molar-refractivity contribution in [1.82, 2.24) is 0 Å². The van der Waals surface area contributed by atoms with Crippen molar-refractivity contribution in [2.45, 2.75) is 13.3 Å². The van der Waals surface area contributed by atoms with E-state index in [0.717, 1.165) is 34.7 Å². The molecule has 4 nitrogen and oxygen atoms in total. The molecule has 2 amide bonds. The van der Waals surface area contributed by atoms with Crippen molar-refractivity contribution >= 4 is 23.2 Å². The lowest BCUT2D eigenvalue weighted by molar-refractivity contribution is -0.121. The molecule has 24 heavy (non-hydrogen) atoms. The van der Waals surface area contributed by atoms with Gasteiger partial charge in [0.05, 0.1) is 0 Å². The number of halogens is 2. The van der Waals surface area contributed by atoms with Gasteiger partial charge in [0.25, 0.3) is 0 Å². The summed E-state index contributed by atoms with van der Waals surface area (Å²) in [6.07, 6.45) is 0.718. The molecule has 3 rings (SSSR count). The number of anilines is 2. The van der Waals surface area contributed by atoms with Crippen LogP contribution >= 0.6 is 0 Å². The lowest BCUT2D eigenvalue weighted by Gasteiger charge is -2.25. The molecule has 2 aromatic carbocycles. The highest BCUT2D eigenvalue weighted by Gasteiger charge is 2.28. The van der Waals surface area contributed by atoms with Gasteiger partial charge in [0.1, 0.15) is 23.9 Å². The number of para-hydroxylation sites is 2. The molecule has 2 aromatic rings. The lowest BCUT2D eigenvalue weighted by atomic mass is 10.2. The molecule has 124 valence electrons. The van der Waals surface area contributed by atoms with Crippen molar-refractivity contribution in [2.24, 2.45) is 0 Å². The van der Waals surface area contributed by atoms with Crippen LogP contribution in [-0.2, 0) is 16.0 Å². The van der Waals surface area contributed by atoms with Crippen LogP contribution in [0, 0.1) is 11.6 Å². The lowest BCUT2D eigenvalue weighted by Crippen LogP contribution is -2.42. The Hall–Kier alpha value is -2.76. The number of hydrogen-bond donors (Lipinski definition) is 0. The molecular formula is C18H16F2N2O2. The van der Waals surface area contributed by atoms with Crippen LogP contribution in [0.2, 0.25) is 0 Å². The maximum Gasteiger partial charge on any atom is 0.247 e. The largest absolute Gasteiger partial charge is 0.310 e. The summed E-state index contributed by atoms with van der Waals surface area (Å²) in [5, 5.41) is 0. The monoisotopic (exact) mass is 330 g/mol. The first kappa shape index (κ1) is 16.1. The molecule has 0 spiro atoms. The molecule has 0 atom stereocenters. The van der Waals surface area contributed by atoms with Crippen LogP contribution in [0.3, 0.4) is 0 Å². The van der Waals surface area contributed by atoms with E-state index in [1.54, 1.807) is 4.90 Å². The molecule has 0 unspecified atom stereocenters. The topological polar surface area (TPSA) is 40.6 Å². The van der Waals surface area contributed by atoms with Crippen molar-refractivity contribution in [2.75, 3.05) is 22.9 Å². The third-order valence-electron chi connectivity index (χ3n) is 4.07. The molecule has 0 radical (unpaired) electrons. The molecule has 0 bridgehead atoms. The summed E-state index contributed by atoms with van der Waals surface area (Å²) in [5.41, 5.74) is 1.32. The highest BCUT2D eigenvalue weighted by Crippen LogP contribution is 2.29. The van der Waals surface area contributed by atoms with E-state index in [4.69, 9.17) is 0 Å². The van der Waals surface area contributed by atoms with Crippen molar-refractivity contribution in [3.8, 4) is 0 Å². The maximum absolute atomic E-state index is 14.0. The van der Waals surface area contributed by atoms with E-state index in [0.29, 0.717) is 6.54 Å². The Morgan fingerprint density at radius 1 is 1.08 bits per heavy atom. The predicted molar refractivity (Wildman–Crippen MR) is 86.9 cm³/mol. The molecule has 0 saturated carbocycles. The Bertz CT molecular complexity index is 787. The molecule has 6 heteroatoms. The predicted octanol–water partition coefficient (Wildman–Crippen LogP) is 2.91. The Balaban J connectivity index is 1.88. The molecule has 1 heterocycles. The van der Waals surface area contributed by atoms with E-state index in [2.05, 4.69) is 0 Å². The zero-order valence-corrected chi connectivity index (χ0v) is 13.1. The Kier molecular flexibility index (Phi) is 4.29. The quantitative estimate of drug-likeness (QED) is 0.868. The third kappa shape index (κ3) is 2.87. The molecule has 1 aliphatic heterocycles. The molecule has 0 fully saturated rings. The minimum absolute atomic E-state index is 0.377. The summed E-state index contributed by atoms with van der Waals surface area (Å²) in [4.78, 5) is 26.9. The summed E-state index contributed by atoms with van der Waals surface area (Å²) in [6.45, 7) is 1.25. The van der Waals surface area contributed by atoms with Gasteiger partial charge < -0.3 is 4.90 Å². The molecular weight excluding hydrogens is 314 g/mol. The van der Waals surface area contributed by atoms with Gasteiger partial charge in [-0.3, -0.25) is 14.5 Å². The van der Waals surface area contributed by atoms with Gasteiger partial charge in [-0.05, 0) is 30.2 Å². The number of carbonyl (C=O) groups is 2. The standard InChI is InChI=1S/C18H16F2N2O2/c1-12(23)22(18-14(19)6-4-7-15(18)20)11-17(24)21-10-9-13-5-2-3-8-16(13)21/h2-8H,9-11H2,1H3. The van der Waals surface area contributed by atoms with E-state index >= 15 is 0 Å². The average Bonchev–Trinajstić information content (AvgIpc) is 2.97. The first-order valence-electron chi connectivity index (χ1n) is 7.59. The van der Waals surface area contributed by atoms with Gasteiger partial charge in [-0.15, -0.1) is 0 Å². The summed E-state index contributed by atoms with van der Waals surface area (Å²) < 4.78 is 27.9. The number of carbonyl (C=O) groups excluding carboxylic acids is 2. The Morgan fingerprint density at radius 2 is 1.75 bits per heavy atom. The van der Waals surface area contributed by atoms with E-state index in [9.17, 15) is 18.4 Å². The molecule has 0 N–H and O–H groups in total. The number of fused-ring (bicyclic) bond motifs is 1. The van der Waals surface area contributed by atoms with Gasteiger partial charge in [0.2, 0.25) is 11.8 Å². The van der Waals surface area contributed by atoms with E-state index in [-0.39, 0.29) is 5.91 Å². The second-order valence-corrected chi connectivity index (χ2v) is 5.60. The van der Waals surface area contributed by atoms with Crippen LogP contribution in [0.4, 0.5) is 20.2 Å². The molecule has 0 aliphatic carbocycles. The average molecular weight is 330 g/mol.